The Morgan fingerprint density at radius 2 is 2.00 bits per heavy atom. The standard InChI is InChI=1S/C15H22N2O2/c1-12-3-5-13(6-4-12)19-9-14(18)17(2)11-15(10-16)7-8-15/h3-6H,7-11,16H2,1-2H3. The number of aryl methyl sites for hydroxylation is 1. The molecule has 2 rings (SSSR count). The maximum atomic E-state index is 12.0. The lowest BCUT2D eigenvalue weighted by molar-refractivity contribution is -0.132. The van der Waals surface area contributed by atoms with Gasteiger partial charge in [0.05, 0.1) is 0 Å². The third kappa shape index (κ3) is 3.70. The van der Waals surface area contributed by atoms with E-state index in [-0.39, 0.29) is 17.9 Å². The maximum absolute atomic E-state index is 12.0. The Morgan fingerprint density at radius 1 is 1.37 bits per heavy atom. The van der Waals surface area contributed by atoms with E-state index in [1.807, 2.05) is 38.2 Å². The molecule has 0 unspecified atom stereocenters. The number of rotatable bonds is 6. The Hall–Kier alpha value is -1.55. The SMILES string of the molecule is Cc1ccc(OCC(=O)N(C)CC2(CN)CC2)cc1. The van der Waals surface area contributed by atoms with Crippen molar-refractivity contribution in [1.82, 2.24) is 4.90 Å². The molecule has 0 bridgehead atoms. The predicted molar refractivity (Wildman–Crippen MR) is 75.0 cm³/mol. The van der Waals surface area contributed by atoms with Gasteiger partial charge in [-0.2, -0.15) is 0 Å². The van der Waals surface area contributed by atoms with Crippen LogP contribution in [0.3, 0.4) is 0 Å². The fraction of sp³-hybridized carbons (Fsp3) is 0.533. The van der Waals surface area contributed by atoms with Crippen LogP contribution < -0.4 is 10.5 Å². The zero-order valence-electron chi connectivity index (χ0n) is 11.7. The minimum Gasteiger partial charge on any atom is -0.484 e. The number of carbonyl (C=O) groups excluding carboxylic acids is 1. The minimum atomic E-state index is 0.000278. The lowest BCUT2D eigenvalue weighted by Gasteiger charge is -2.22. The van der Waals surface area contributed by atoms with Gasteiger partial charge in [0.25, 0.3) is 5.91 Å². The van der Waals surface area contributed by atoms with Gasteiger partial charge < -0.3 is 15.4 Å². The molecule has 1 aromatic carbocycles. The van der Waals surface area contributed by atoms with Gasteiger partial charge in [-0.15, -0.1) is 0 Å². The molecule has 1 aromatic rings. The van der Waals surface area contributed by atoms with Crippen LogP contribution in [0.15, 0.2) is 24.3 Å². The van der Waals surface area contributed by atoms with Gasteiger partial charge in [-0.25, -0.2) is 0 Å². The van der Waals surface area contributed by atoms with Crippen LogP contribution in [-0.2, 0) is 4.79 Å². The Balaban J connectivity index is 1.79. The highest BCUT2D eigenvalue weighted by Gasteiger charge is 2.42. The molecule has 0 saturated heterocycles. The summed E-state index contributed by atoms with van der Waals surface area (Å²) < 4.78 is 5.49. The second kappa shape index (κ2) is 5.61. The molecule has 0 aromatic heterocycles. The van der Waals surface area contributed by atoms with Gasteiger partial charge in [-0.3, -0.25) is 4.79 Å². The molecule has 0 radical (unpaired) electrons. The highest BCUT2D eigenvalue weighted by molar-refractivity contribution is 5.77. The van der Waals surface area contributed by atoms with Gasteiger partial charge in [0.1, 0.15) is 5.75 Å². The van der Waals surface area contributed by atoms with Crippen LogP contribution in [-0.4, -0.2) is 37.6 Å². The fourth-order valence-electron chi connectivity index (χ4n) is 2.08. The van der Waals surface area contributed by atoms with Gasteiger partial charge in [-0.1, -0.05) is 17.7 Å². The summed E-state index contributed by atoms with van der Waals surface area (Å²) in [7, 11) is 1.82. The molecular formula is C15H22N2O2. The van der Waals surface area contributed by atoms with E-state index in [0.29, 0.717) is 6.54 Å². The van der Waals surface area contributed by atoms with Gasteiger partial charge in [0, 0.05) is 19.0 Å². The number of nitrogens with zero attached hydrogens (tertiary/aromatic N) is 1. The second-order valence-corrected chi connectivity index (χ2v) is 5.56. The molecule has 1 saturated carbocycles. The molecule has 1 aliphatic carbocycles. The molecule has 0 spiro atoms. The van der Waals surface area contributed by atoms with Crippen LogP contribution >= 0.6 is 0 Å². The van der Waals surface area contributed by atoms with Crippen molar-refractivity contribution in [2.75, 3.05) is 26.7 Å². The van der Waals surface area contributed by atoms with E-state index in [1.165, 1.54) is 5.56 Å². The third-order valence-corrected chi connectivity index (χ3v) is 3.77. The second-order valence-electron chi connectivity index (χ2n) is 5.56. The largest absolute Gasteiger partial charge is 0.484 e. The van der Waals surface area contributed by atoms with Crippen LogP contribution in [0.1, 0.15) is 18.4 Å². The Labute approximate surface area is 114 Å². The van der Waals surface area contributed by atoms with E-state index < -0.39 is 0 Å². The van der Waals surface area contributed by atoms with Crippen molar-refractivity contribution in [2.24, 2.45) is 11.1 Å². The molecule has 0 atom stereocenters. The summed E-state index contributed by atoms with van der Waals surface area (Å²) in [5, 5.41) is 0. The van der Waals surface area contributed by atoms with Gasteiger partial charge in [-0.05, 0) is 38.4 Å². The van der Waals surface area contributed by atoms with Gasteiger partial charge in [0.15, 0.2) is 6.61 Å². The van der Waals surface area contributed by atoms with Crippen molar-refractivity contribution < 1.29 is 9.53 Å². The summed E-state index contributed by atoms with van der Waals surface area (Å²) in [6.07, 6.45) is 2.25. The number of hydrogen-bond donors (Lipinski definition) is 1. The summed E-state index contributed by atoms with van der Waals surface area (Å²) in [6, 6.07) is 7.70. The predicted octanol–water partition coefficient (Wildman–Crippen LogP) is 1.57. The van der Waals surface area contributed by atoms with Crippen molar-refractivity contribution >= 4 is 5.91 Å². The van der Waals surface area contributed by atoms with Crippen LogP contribution in [0.5, 0.6) is 5.75 Å². The first-order valence-electron chi connectivity index (χ1n) is 6.68. The van der Waals surface area contributed by atoms with E-state index in [9.17, 15) is 4.79 Å². The molecule has 4 nitrogen and oxygen atoms in total. The van der Waals surface area contributed by atoms with E-state index in [1.54, 1.807) is 4.90 Å². The van der Waals surface area contributed by atoms with E-state index in [2.05, 4.69) is 0 Å². The average molecular weight is 262 g/mol. The highest BCUT2D eigenvalue weighted by Crippen LogP contribution is 2.44. The van der Waals surface area contributed by atoms with Crippen LogP contribution in [0.4, 0.5) is 0 Å². The van der Waals surface area contributed by atoms with Crippen LogP contribution in [0.25, 0.3) is 0 Å². The maximum Gasteiger partial charge on any atom is 0.260 e. The zero-order chi connectivity index (χ0) is 13.9. The summed E-state index contributed by atoms with van der Waals surface area (Å²) in [5.74, 6) is 0.729. The Kier molecular flexibility index (Phi) is 4.10. The quantitative estimate of drug-likeness (QED) is 0.846. The smallest absolute Gasteiger partial charge is 0.260 e. The fourth-order valence-corrected chi connectivity index (χ4v) is 2.08. The van der Waals surface area contributed by atoms with Crippen molar-refractivity contribution in [3.63, 3.8) is 0 Å². The first kappa shape index (κ1) is 13.9. The van der Waals surface area contributed by atoms with Crippen molar-refractivity contribution in [2.45, 2.75) is 19.8 Å². The topological polar surface area (TPSA) is 55.6 Å². The number of benzene rings is 1. The number of hydrogen-bond acceptors (Lipinski definition) is 3. The number of likely N-dealkylation sites (N-methyl/N-ethyl adjacent to an activating group) is 1. The summed E-state index contributed by atoms with van der Waals surface area (Å²) >= 11 is 0. The number of amides is 1. The van der Waals surface area contributed by atoms with Crippen molar-refractivity contribution in [3.05, 3.63) is 29.8 Å². The molecule has 0 aliphatic heterocycles. The van der Waals surface area contributed by atoms with Gasteiger partial charge in [0.2, 0.25) is 0 Å². The molecule has 104 valence electrons. The normalized spacial score (nSPS) is 15.9. The summed E-state index contributed by atoms with van der Waals surface area (Å²) in [6.45, 7) is 3.49. The number of nitrogens with two attached hydrogens (primary N) is 1. The molecule has 2 N–H and O–H groups in total. The summed E-state index contributed by atoms with van der Waals surface area (Å²) in [5.41, 5.74) is 7.08. The molecular weight excluding hydrogens is 240 g/mol. The molecule has 1 amide bonds. The van der Waals surface area contributed by atoms with Crippen molar-refractivity contribution in [3.8, 4) is 5.75 Å². The van der Waals surface area contributed by atoms with E-state index in [4.69, 9.17) is 10.5 Å². The molecule has 19 heavy (non-hydrogen) atoms. The molecule has 4 heteroatoms. The lowest BCUT2D eigenvalue weighted by Crippen LogP contribution is -2.38. The minimum absolute atomic E-state index is 0.000278. The highest BCUT2D eigenvalue weighted by atomic mass is 16.5. The van der Waals surface area contributed by atoms with E-state index in [0.717, 1.165) is 25.1 Å². The third-order valence-electron chi connectivity index (χ3n) is 3.77. The first-order chi connectivity index (χ1) is 9.04. The van der Waals surface area contributed by atoms with Crippen LogP contribution in [0.2, 0.25) is 0 Å². The zero-order valence-corrected chi connectivity index (χ0v) is 11.7. The summed E-state index contributed by atoms with van der Waals surface area (Å²) in [4.78, 5) is 13.7. The molecule has 1 fully saturated rings. The number of ether oxygens (including phenoxy) is 1. The van der Waals surface area contributed by atoms with E-state index >= 15 is 0 Å². The van der Waals surface area contributed by atoms with Crippen molar-refractivity contribution in [1.29, 1.82) is 0 Å². The monoisotopic (exact) mass is 262 g/mol. The number of carbonyl (C=O) groups is 1. The van der Waals surface area contributed by atoms with Crippen LogP contribution in [0, 0.1) is 12.3 Å². The molecule has 0 heterocycles. The lowest BCUT2D eigenvalue weighted by atomic mass is 10.1. The van der Waals surface area contributed by atoms with Gasteiger partial charge >= 0.3 is 0 Å². The first-order valence-corrected chi connectivity index (χ1v) is 6.68. The average Bonchev–Trinajstić information content (AvgIpc) is 3.18. The molecule has 1 aliphatic rings. The Morgan fingerprint density at radius 3 is 2.53 bits per heavy atom. The Bertz CT molecular complexity index is 438.